The molecule has 0 saturated carbocycles. The zero-order valence-electron chi connectivity index (χ0n) is 10.7. The molecular formula is C13H15F6N. The van der Waals surface area contributed by atoms with Gasteiger partial charge in [-0.15, -0.1) is 0 Å². The molecule has 0 aliphatic rings. The summed E-state index contributed by atoms with van der Waals surface area (Å²) in [4.78, 5) is 0. The van der Waals surface area contributed by atoms with Gasteiger partial charge >= 0.3 is 12.4 Å². The molecule has 7 heteroatoms. The van der Waals surface area contributed by atoms with Gasteiger partial charge in [-0.25, -0.2) is 0 Å². The standard InChI is InChI=1S/C13H15F6N/c1-2-3-8-4-6-9(7-5-8)10(20)11(12(14,15)16)13(17,18)19/h4-7,10-11H,2-3,20H2,1H3. The molecular weight excluding hydrogens is 284 g/mol. The summed E-state index contributed by atoms with van der Waals surface area (Å²) in [5, 5.41) is 0. The molecule has 0 radical (unpaired) electrons. The van der Waals surface area contributed by atoms with Gasteiger partial charge in [-0.05, 0) is 17.5 Å². The van der Waals surface area contributed by atoms with Gasteiger partial charge in [-0.2, -0.15) is 26.3 Å². The van der Waals surface area contributed by atoms with Crippen molar-refractivity contribution in [3.05, 3.63) is 35.4 Å². The highest BCUT2D eigenvalue weighted by molar-refractivity contribution is 5.26. The maximum Gasteiger partial charge on any atom is 0.402 e. The number of hydrogen-bond acceptors (Lipinski definition) is 1. The Kier molecular flexibility index (Phi) is 5.07. The molecule has 1 atom stereocenters. The minimum atomic E-state index is -5.43. The van der Waals surface area contributed by atoms with Crippen LogP contribution in [0, 0.1) is 5.92 Å². The lowest BCUT2D eigenvalue weighted by atomic mass is 9.91. The third-order valence-corrected chi connectivity index (χ3v) is 2.97. The monoisotopic (exact) mass is 299 g/mol. The van der Waals surface area contributed by atoms with Gasteiger partial charge in [0.1, 0.15) is 0 Å². The second kappa shape index (κ2) is 6.03. The van der Waals surface area contributed by atoms with Crippen LogP contribution in [0.25, 0.3) is 0 Å². The maximum atomic E-state index is 12.6. The van der Waals surface area contributed by atoms with Gasteiger partial charge in [-0.1, -0.05) is 37.6 Å². The third-order valence-electron chi connectivity index (χ3n) is 2.97. The minimum Gasteiger partial charge on any atom is -0.323 e. The molecule has 1 aromatic carbocycles. The number of halogens is 6. The van der Waals surface area contributed by atoms with Gasteiger partial charge in [0.25, 0.3) is 0 Å². The SMILES string of the molecule is CCCc1ccc(C(N)C(C(F)(F)F)C(F)(F)F)cc1. The van der Waals surface area contributed by atoms with Crippen LogP contribution in [0.3, 0.4) is 0 Å². The van der Waals surface area contributed by atoms with Gasteiger partial charge in [0.2, 0.25) is 0 Å². The van der Waals surface area contributed by atoms with Crippen molar-refractivity contribution in [2.75, 3.05) is 0 Å². The fourth-order valence-electron chi connectivity index (χ4n) is 1.98. The van der Waals surface area contributed by atoms with Gasteiger partial charge in [0.05, 0.1) is 6.04 Å². The van der Waals surface area contributed by atoms with Crippen LogP contribution in [0.1, 0.15) is 30.5 Å². The van der Waals surface area contributed by atoms with Crippen LogP contribution in [0.5, 0.6) is 0 Å². The Morgan fingerprint density at radius 1 is 0.950 bits per heavy atom. The molecule has 20 heavy (non-hydrogen) atoms. The summed E-state index contributed by atoms with van der Waals surface area (Å²) < 4.78 is 75.3. The molecule has 0 bridgehead atoms. The van der Waals surface area contributed by atoms with E-state index >= 15 is 0 Å². The summed E-state index contributed by atoms with van der Waals surface area (Å²) in [6.45, 7) is 1.92. The minimum absolute atomic E-state index is 0.176. The van der Waals surface area contributed by atoms with Crippen LogP contribution in [0.4, 0.5) is 26.3 Å². The highest BCUT2D eigenvalue weighted by Crippen LogP contribution is 2.45. The van der Waals surface area contributed by atoms with E-state index in [0.29, 0.717) is 6.42 Å². The van der Waals surface area contributed by atoms with E-state index in [2.05, 4.69) is 0 Å². The predicted molar refractivity (Wildman–Crippen MR) is 63.0 cm³/mol. The Balaban J connectivity index is 3.04. The van der Waals surface area contributed by atoms with E-state index in [1.54, 1.807) is 0 Å². The summed E-state index contributed by atoms with van der Waals surface area (Å²) >= 11 is 0. The smallest absolute Gasteiger partial charge is 0.323 e. The zero-order valence-corrected chi connectivity index (χ0v) is 10.7. The van der Waals surface area contributed by atoms with E-state index in [9.17, 15) is 26.3 Å². The first-order chi connectivity index (χ1) is 9.07. The van der Waals surface area contributed by atoms with Gasteiger partial charge < -0.3 is 5.73 Å². The summed E-state index contributed by atoms with van der Waals surface area (Å²) in [7, 11) is 0. The van der Waals surface area contributed by atoms with E-state index in [4.69, 9.17) is 5.73 Å². The second-order valence-corrected chi connectivity index (χ2v) is 4.58. The fourth-order valence-corrected chi connectivity index (χ4v) is 1.98. The molecule has 1 rings (SSSR count). The first-order valence-corrected chi connectivity index (χ1v) is 6.05. The Labute approximate surface area is 112 Å². The molecule has 1 nitrogen and oxygen atoms in total. The molecule has 0 amide bonds. The van der Waals surface area contributed by atoms with Crippen molar-refractivity contribution >= 4 is 0 Å². The number of hydrogen-bond donors (Lipinski definition) is 1. The largest absolute Gasteiger partial charge is 0.402 e. The molecule has 0 aliphatic heterocycles. The van der Waals surface area contributed by atoms with Crippen molar-refractivity contribution in [3.63, 3.8) is 0 Å². The first kappa shape index (κ1) is 16.8. The average Bonchev–Trinajstić information content (AvgIpc) is 2.26. The van der Waals surface area contributed by atoms with E-state index in [-0.39, 0.29) is 5.56 Å². The van der Waals surface area contributed by atoms with Crippen molar-refractivity contribution in [1.29, 1.82) is 0 Å². The second-order valence-electron chi connectivity index (χ2n) is 4.58. The number of rotatable bonds is 4. The van der Waals surface area contributed by atoms with Crippen LogP contribution in [0.2, 0.25) is 0 Å². The van der Waals surface area contributed by atoms with Crippen LogP contribution in [0.15, 0.2) is 24.3 Å². The first-order valence-electron chi connectivity index (χ1n) is 6.05. The quantitative estimate of drug-likeness (QED) is 0.820. The average molecular weight is 299 g/mol. The number of benzene rings is 1. The normalized spacial score (nSPS) is 14.7. The van der Waals surface area contributed by atoms with E-state index in [1.807, 2.05) is 6.92 Å². The predicted octanol–water partition coefficient (Wildman–Crippen LogP) is 4.38. The highest BCUT2D eigenvalue weighted by atomic mass is 19.4. The Morgan fingerprint density at radius 3 is 1.75 bits per heavy atom. The van der Waals surface area contributed by atoms with Crippen molar-refractivity contribution in [2.24, 2.45) is 11.7 Å². The van der Waals surface area contributed by atoms with Crippen LogP contribution < -0.4 is 5.73 Å². The van der Waals surface area contributed by atoms with Crippen LogP contribution in [-0.4, -0.2) is 12.4 Å². The molecule has 0 aromatic heterocycles. The Morgan fingerprint density at radius 2 is 1.40 bits per heavy atom. The van der Waals surface area contributed by atoms with Crippen molar-refractivity contribution < 1.29 is 26.3 Å². The highest BCUT2D eigenvalue weighted by Gasteiger charge is 2.59. The van der Waals surface area contributed by atoms with E-state index < -0.39 is 24.3 Å². The molecule has 0 fully saturated rings. The molecule has 1 aromatic rings. The summed E-state index contributed by atoms with van der Waals surface area (Å²) in [5.74, 6) is -3.56. The Hall–Kier alpha value is -1.24. The van der Waals surface area contributed by atoms with Crippen molar-refractivity contribution in [3.8, 4) is 0 Å². The summed E-state index contributed by atoms with van der Waals surface area (Å²) in [6, 6.07) is 3.29. The number of aryl methyl sites for hydroxylation is 1. The number of nitrogens with two attached hydrogens (primary N) is 1. The lowest BCUT2D eigenvalue weighted by molar-refractivity contribution is -0.290. The van der Waals surface area contributed by atoms with E-state index in [1.165, 1.54) is 24.3 Å². The van der Waals surface area contributed by atoms with Crippen molar-refractivity contribution in [1.82, 2.24) is 0 Å². The third kappa shape index (κ3) is 4.13. The zero-order chi connectivity index (χ0) is 15.6. The topological polar surface area (TPSA) is 26.0 Å². The van der Waals surface area contributed by atoms with E-state index in [0.717, 1.165) is 12.0 Å². The molecule has 0 spiro atoms. The van der Waals surface area contributed by atoms with Crippen molar-refractivity contribution in [2.45, 2.75) is 38.2 Å². The fraction of sp³-hybridized carbons (Fsp3) is 0.538. The summed E-state index contributed by atoms with van der Waals surface area (Å²) in [6.07, 6.45) is -9.32. The number of alkyl halides is 6. The molecule has 0 saturated heterocycles. The molecule has 114 valence electrons. The van der Waals surface area contributed by atoms with Gasteiger partial charge in [-0.3, -0.25) is 0 Å². The lowest BCUT2D eigenvalue weighted by Crippen LogP contribution is -2.43. The Bertz CT molecular complexity index is 406. The summed E-state index contributed by atoms with van der Waals surface area (Å²) in [5.41, 5.74) is 5.87. The van der Waals surface area contributed by atoms with Crippen LogP contribution >= 0.6 is 0 Å². The van der Waals surface area contributed by atoms with Gasteiger partial charge in [0.15, 0.2) is 5.92 Å². The maximum absolute atomic E-state index is 12.6. The van der Waals surface area contributed by atoms with Crippen LogP contribution in [-0.2, 0) is 6.42 Å². The molecule has 2 N–H and O–H groups in total. The molecule has 0 aliphatic carbocycles. The molecule has 1 unspecified atom stereocenters. The lowest BCUT2D eigenvalue weighted by Gasteiger charge is -2.28. The van der Waals surface area contributed by atoms with Gasteiger partial charge in [0, 0.05) is 0 Å². The molecule has 0 heterocycles.